The maximum atomic E-state index is 12.0. The second-order valence-corrected chi connectivity index (χ2v) is 7.67. The van der Waals surface area contributed by atoms with Gasteiger partial charge in [0.1, 0.15) is 11.5 Å². The van der Waals surface area contributed by atoms with Crippen molar-refractivity contribution < 1.29 is 19.0 Å². The molecule has 3 rings (SSSR count). The van der Waals surface area contributed by atoms with Gasteiger partial charge in [0.25, 0.3) is 0 Å². The van der Waals surface area contributed by atoms with Gasteiger partial charge in [0.15, 0.2) is 0 Å². The van der Waals surface area contributed by atoms with Crippen molar-refractivity contribution in [2.24, 2.45) is 10.9 Å². The number of esters is 1. The van der Waals surface area contributed by atoms with E-state index in [9.17, 15) is 4.79 Å². The highest BCUT2D eigenvalue weighted by atomic mass is 32.2. The van der Waals surface area contributed by atoms with Crippen molar-refractivity contribution in [1.29, 1.82) is 0 Å². The third-order valence-corrected chi connectivity index (χ3v) is 5.85. The van der Waals surface area contributed by atoms with Crippen LogP contribution in [0.25, 0.3) is 5.57 Å². The summed E-state index contributed by atoms with van der Waals surface area (Å²) in [6.07, 6.45) is 2.28. The zero-order valence-corrected chi connectivity index (χ0v) is 17.8. The van der Waals surface area contributed by atoms with Gasteiger partial charge in [-0.3, -0.25) is 0 Å². The standard InChI is InChI=1S/C23H25NO4S/c1-15(23(25)28-4)19-9-6-10-21(27-3)20(19)14-29-22(16-11-12-16)24-17-7-5-8-18(13-17)26-2/h5-10,13,16H,1,11-12,14H2,2-4H3. The number of thioether (sulfide) groups is 1. The Bertz CT molecular complexity index is 934. The van der Waals surface area contributed by atoms with Crippen LogP contribution >= 0.6 is 11.8 Å². The Hall–Kier alpha value is -2.73. The van der Waals surface area contributed by atoms with Gasteiger partial charge in [-0.2, -0.15) is 0 Å². The van der Waals surface area contributed by atoms with Crippen LogP contribution in [0.5, 0.6) is 11.5 Å². The van der Waals surface area contributed by atoms with E-state index in [4.69, 9.17) is 19.2 Å². The first-order valence-electron chi connectivity index (χ1n) is 9.36. The molecule has 0 heterocycles. The van der Waals surface area contributed by atoms with Crippen molar-refractivity contribution >= 4 is 34.0 Å². The lowest BCUT2D eigenvalue weighted by Gasteiger charge is -2.15. The fourth-order valence-corrected chi connectivity index (χ4v) is 4.18. The largest absolute Gasteiger partial charge is 0.497 e. The van der Waals surface area contributed by atoms with E-state index in [2.05, 4.69) is 6.58 Å². The fourth-order valence-electron chi connectivity index (χ4n) is 2.95. The Balaban J connectivity index is 1.87. The van der Waals surface area contributed by atoms with Crippen molar-refractivity contribution in [1.82, 2.24) is 0 Å². The van der Waals surface area contributed by atoms with Crippen molar-refractivity contribution in [3.8, 4) is 11.5 Å². The lowest BCUT2D eigenvalue weighted by molar-refractivity contribution is -0.133. The number of rotatable bonds is 8. The third-order valence-electron chi connectivity index (χ3n) is 4.69. The van der Waals surface area contributed by atoms with Gasteiger partial charge >= 0.3 is 5.97 Å². The van der Waals surface area contributed by atoms with E-state index in [0.717, 1.165) is 46.2 Å². The summed E-state index contributed by atoms with van der Waals surface area (Å²) in [5, 5.41) is 1.08. The summed E-state index contributed by atoms with van der Waals surface area (Å²) in [5.41, 5.74) is 2.84. The number of carbonyl (C=O) groups excluding carboxylic acids is 1. The van der Waals surface area contributed by atoms with Crippen LogP contribution in [0.2, 0.25) is 0 Å². The summed E-state index contributed by atoms with van der Waals surface area (Å²) in [6.45, 7) is 3.91. The van der Waals surface area contributed by atoms with E-state index < -0.39 is 5.97 Å². The minimum Gasteiger partial charge on any atom is -0.497 e. The van der Waals surface area contributed by atoms with Gasteiger partial charge in [-0.15, -0.1) is 11.8 Å². The van der Waals surface area contributed by atoms with E-state index in [1.165, 1.54) is 7.11 Å². The zero-order chi connectivity index (χ0) is 20.8. The molecule has 0 amide bonds. The van der Waals surface area contributed by atoms with Gasteiger partial charge in [-0.25, -0.2) is 9.79 Å². The molecule has 5 nitrogen and oxygen atoms in total. The smallest absolute Gasteiger partial charge is 0.337 e. The van der Waals surface area contributed by atoms with E-state index >= 15 is 0 Å². The molecule has 2 aromatic rings. The van der Waals surface area contributed by atoms with E-state index in [1.54, 1.807) is 26.0 Å². The quantitative estimate of drug-likeness (QED) is 0.257. The summed E-state index contributed by atoms with van der Waals surface area (Å²) in [7, 11) is 4.63. The van der Waals surface area contributed by atoms with Crippen molar-refractivity contribution in [3.63, 3.8) is 0 Å². The average molecular weight is 412 g/mol. The van der Waals surface area contributed by atoms with Gasteiger partial charge < -0.3 is 14.2 Å². The molecule has 6 heteroatoms. The van der Waals surface area contributed by atoms with Gasteiger partial charge in [0, 0.05) is 23.3 Å². The summed E-state index contributed by atoms with van der Waals surface area (Å²) < 4.78 is 15.7. The number of nitrogens with zero attached hydrogens (tertiary/aromatic N) is 1. The SMILES string of the molecule is C=C(C(=O)OC)c1cccc(OC)c1CSC(=Nc1cccc(OC)c1)C1CC1. The minimum atomic E-state index is -0.447. The maximum Gasteiger partial charge on any atom is 0.337 e. The van der Waals surface area contributed by atoms with Gasteiger partial charge in [-0.1, -0.05) is 24.8 Å². The Morgan fingerprint density at radius 1 is 1.14 bits per heavy atom. The Kier molecular flexibility index (Phi) is 6.99. The zero-order valence-electron chi connectivity index (χ0n) is 16.9. The van der Waals surface area contributed by atoms with E-state index in [-0.39, 0.29) is 0 Å². The lowest BCUT2D eigenvalue weighted by atomic mass is 10.0. The van der Waals surface area contributed by atoms with Crippen LogP contribution in [0.15, 0.2) is 54.0 Å². The normalized spacial score (nSPS) is 13.7. The second kappa shape index (κ2) is 9.65. The molecular formula is C23H25NO4S. The maximum absolute atomic E-state index is 12.0. The van der Waals surface area contributed by atoms with E-state index in [1.807, 2.05) is 42.5 Å². The molecule has 152 valence electrons. The highest BCUT2D eigenvalue weighted by Crippen LogP contribution is 2.40. The van der Waals surface area contributed by atoms with Crippen LogP contribution in [0, 0.1) is 5.92 Å². The molecule has 0 spiro atoms. The molecule has 0 aromatic heterocycles. The molecule has 1 aliphatic carbocycles. The molecule has 0 radical (unpaired) electrons. The molecule has 29 heavy (non-hydrogen) atoms. The Labute approximate surface area is 175 Å². The molecule has 1 aliphatic rings. The molecular weight excluding hydrogens is 386 g/mol. The van der Waals surface area contributed by atoms with Crippen molar-refractivity contribution in [2.45, 2.75) is 18.6 Å². The number of aliphatic imine (C=N–C) groups is 1. The molecule has 0 unspecified atom stereocenters. The number of hydrogen-bond donors (Lipinski definition) is 0. The number of hydrogen-bond acceptors (Lipinski definition) is 6. The third kappa shape index (κ3) is 5.21. The predicted molar refractivity (Wildman–Crippen MR) is 118 cm³/mol. The summed E-state index contributed by atoms with van der Waals surface area (Å²) in [6, 6.07) is 13.3. The Morgan fingerprint density at radius 3 is 2.55 bits per heavy atom. The first-order chi connectivity index (χ1) is 14.1. The summed E-state index contributed by atoms with van der Waals surface area (Å²) in [5.74, 6) is 2.16. The first kappa shape index (κ1) is 21.0. The predicted octanol–water partition coefficient (Wildman–Crippen LogP) is 5.26. The average Bonchev–Trinajstić information content (AvgIpc) is 3.60. The van der Waals surface area contributed by atoms with Gasteiger partial charge in [0.2, 0.25) is 0 Å². The summed E-state index contributed by atoms with van der Waals surface area (Å²) in [4.78, 5) is 16.9. The second-order valence-electron chi connectivity index (χ2n) is 6.67. The number of carbonyl (C=O) groups is 1. The molecule has 1 fully saturated rings. The fraction of sp³-hybridized carbons (Fsp3) is 0.304. The summed E-state index contributed by atoms with van der Waals surface area (Å²) >= 11 is 1.67. The highest BCUT2D eigenvalue weighted by molar-refractivity contribution is 8.13. The van der Waals surface area contributed by atoms with Gasteiger partial charge in [-0.05, 0) is 36.6 Å². The number of methoxy groups -OCH3 is 3. The number of ether oxygens (including phenoxy) is 3. The molecule has 0 aliphatic heterocycles. The molecule has 0 atom stereocenters. The molecule has 2 aromatic carbocycles. The molecule has 0 bridgehead atoms. The van der Waals surface area contributed by atoms with Gasteiger partial charge in [0.05, 0.1) is 37.6 Å². The van der Waals surface area contributed by atoms with Crippen LogP contribution in [-0.4, -0.2) is 32.3 Å². The monoisotopic (exact) mass is 411 g/mol. The van der Waals surface area contributed by atoms with Crippen LogP contribution in [0.1, 0.15) is 24.0 Å². The van der Waals surface area contributed by atoms with Crippen LogP contribution < -0.4 is 9.47 Å². The molecule has 0 N–H and O–H groups in total. The van der Waals surface area contributed by atoms with Crippen molar-refractivity contribution in [2.75, 3.05) is 21.3 Å². The molecule has 1 saturated carbocycles. The lowest BCUT2D eigenvalue weighted by Crippen LogP contribution is -2.06. The van der Waals surface area contributed by atoms with Crippen molar-refractivity contribution in [3.05, 3.63) is 60.2 Å². The Morgan fingerprint density at radius 2 is 1.90 bits per heavy atom. The van der Waals surface area contributed by atoms with E-state index in [0.29, 0.717) is 17.2 Å². The topological polar surface area (TPSA) is 57.1 Å². The van der Waals surface area contributed by atoms with Crippen LogP contribution in [0.4, 0.5) is 5.69 Å². The first-order valence-corrected chi connectivity index (χ1v) is 10.3. The number of benzene rings is 2. The highest BCUT2D eigenvalue weighted by Gasteiger charge is 2.29. The molecule has 0 saturated heterocycles. The van der Waals surface area contributed by atoms with Crippen LogP contribution in [-0.2, 0) is 15.3 Å². The van der Waals surface area contributed by atoms with Crippen LogP contribution in [0.3, 0.4) is 0 Å². The minimum absolute atomic E-state index is 0.319.